The Morgan fingerprint density at radius 1 is 1.06 bits per heavy atom. The quantitative estimate of drug-likeness (QED) is 0.333. The number of aryl methyl sites for hydroxylation is 2. The Kier molecular flexibility index (Phi) is 7.01. The molecular formula is C25H23ClN4O2S. The van der Waals surface area contributed by atoms with Crippen molar-refractivity contribution in [1.29, 1.82) is 0 Å². The van der Waals surface area contributed by atoms with Crippen LogP contribution in [0.25, 0.3) is 17.1 Å². The Morgan fingerprint density at radius 2 is 1.79 bits per heavy atom. The van der Waals surface area contributed by atoms with Crippen molar-refractivity contribution in [3.8, 4) is 22.8 Å². The van der Waals surface area contributed by atoms with Crippen LogP contribution in [0.1, 0.15) is 11.1 Å². The Balaban J connectivity index is 1.59. The summed E-state index contributed by atoms with van der Waals surface area (Å²) in [5.74, 6) is 1.45. The molecule has 0 aliphatic carbocycles. The SMILES string of the molecule is COc1ccc(-c2nnc(SCC(=O)Nc3c(C)cc(C)cc3Cl)n2-c2ccccc2)cc1. The summed E-state index contributed by atoms with van der Waals surface area (Å²) in [5, 5.41) is 12.9. The Labute approximate surface area is 202 Å². The van der Waals surface area contributed by atoms with Crippen LogP contribution in [0.5, 0.6) is 5.75 Å². The third-order valence-electron chi connectivity index (χ3n) is 5.02. The van der Waals surface area contributed by atoms with Gasteiger partial charge in [0.25, 0.3) is 0 Å². The zero-order valence-corrected chi connectivity index (χ0v) is 20.1. The monoisotopic (exact) mass is 478 g/mol. The lowest BCUT2D eigenvalue weighted by Gasteiger charge is -2.12. The molecule has 4 rings (SSSR count). The van der Waals surface area contributed by atoms with E-state index < -0.39 is 0 Å². The molecule has 4 aromatic rings. The van der Waals surface area contributed by atoms with E-state index in [1.54, 1.807) is 7.11 Å². The second-order valence-electron chi connectivity index (χ2n) is 7.48. The van der Waals surface area contributed by atoms with Crippen molar-refractivity contribution in [3.05, 3.63) is 82.9 Å². The molecule has 0 saturated heterocycles. The van der Waals surface area contributed by atoms with Crippen molar-refractivity contribution in [1.82, 2.24) is 14.8 Å². The Hall–Kier alpha value is -3.29. The number of benzene rings is 3. The number of carbonyl (C=O) groups excluding carboxylic acids is 1. The van der Waals surface area contributed by atoms with Gasteiger partial charge >= 0.3 is 0 Å². The fraction of sp³-hybridized carbons (Fsp3) is 0.160. The van der Waals surface area contributed by atoms with Crippen LogP contribution in [0.4, 0.5) is 5.69 Å². The maximum absolute atomic E-state index is 12.7. The van der Waals surface area contributed by atoms with Crippen LogP contribution in [0.3, 0.4) is 0 Å². The van der Waals surface area contributed by atoms with E-state index in [9.17, 15) is 4.79 Å². The van der Waals surface area contributed by atoms with Crippen molar-refractivity contribution in [2.45, 2.75) is 19.0 Å². The van der Waals surface area contributed by atoms with Gasteiger partial charge in [0.05, 0.1) is 23.6 Å². The van der Waals surface area contributed by atoms with Crippen LogP contribution in [-0.4, -0.2) is 33.5 Å². The molecule has 1 heterocycles. The van der Waals surface area contributed by atoms with Gasteiger partial charge < -0.3 is 10.1 Å². The molecule has 8 heteroatoms. The summed E-state index contributed by atoms with van der Waals surface area (Å²) in [7, 11) is 1.63. The molecule has 0 atom stereocenters. The Bertz CT molecular complexity index is 1250. The van der Waals surface area contributed by atoms with E-state index >= 15 is 0 Å². The fourth-order valence-electron chi connectivity index (χ4n) is 3.48. The number of nitrogens with zero attached hydrogens (tertiary/aromatic N) is 3. The minimum Gasteiger partial charge on any atom is -0.497 e. The van der Waals surface area contributed by atoms with Gasteiger partial charge in [-0.2, -0.15) is 0 Å². The predicted molar refractivity (Wildman–Crippen MR) is 134 cm³/mol. The summed E-state index contributed by atoms with van der Waals surface area (Å²) >= 11 is 7.65. The summed E-state index contributed by atoms with van der Waals surface area (Å²) in [5.41, 5.74) is 4.41. The molecule has 0 unspecified atom stereocenters. The van der Waals surface area contributed by atoms with Crippen LogP contribution < -0.4 is 10.1 Å². The number of aromatic nitrogens is 3. The number of anilines is 1. The molecule has 1 aromatic heterocycles. The molecule has 168 valence electrons. The van der Waals surface area contributed by atoms with Crippen LogP contribution in [-0.2, 0) is 4.79 Å². The van der Waals surface area contributed by atoms with Gasteiger partial charge in [0.15, 0.2) is 11.0 Å². The predicted octanol–water partition coefficient (Wildman–Crippen LogP) is 5.94. The average Bonchev–Trinajstić information content (AvgIpc) is 3.24. The van der Waals surface area contributed by atoms with E-state index in [0.717, 1.165) is 28.1 Å². The maximum atomic E-state index is 12.7. The van der Waals surface area contributed by atoms with E-state index in [1.165, 1.54) is 11.8 Å². The van der Waals surface area contributed by atoms with Gasteiger partial charge in [-0.05, 0) is 67.4 Å². The zero-order chi connectivity index (χ0) is 23.4. The first-order valence-electron chi connectivity index (χ1n) is 10.3. The third-order valence-corrected chi connectivity index (χ3v) is 6.25. The van der Waals surface area contributed by atoms with Crippen molar-refractivity contribution in [2.24, 2.45) is 0 Å². The smallest absolute Gasteiger partial charge is 0.234 e. The highest BCUT2D eigenvalue weighted by atomic mass is 35.5. The van der Waals surface area contributed by atoms with E-state index in [1.807, 2.05) is 85.1 Å². The molecule has 0 aliphatic rings. The van der Waals surface area contributed by atoms with E-state index in [4.69, 9.17) is 16.3 Å². The van der Waals surface area contributed by atoms with Crippen LogP contribution >= 0.6 is 23.4 Å². The number of amides is 1. The van der Waals surface area contributed by atoms with E-state index in [-0.39, 0.29) is 11.7 Å². The maximum Gasteiger partial charge on any atom is 0.234 e. The molecule has 1 amide bonds. The lowest BCUT2D eigenvalue weighted by atomic mass is 10.1. The third kappa shape index (κ3) is 5.21. The molecule has 1 N–H and O–H groups in total. The summed E-state index contributed by atoms with van der Waals surface area (Å²) in [6.45, 7) is 3.89. The number of carbonyl (C=O) groups is 1. The molecule has 33 heavy (non-hydrogen) atoms. The van der Waals surface area contributed by atoms with Crippen molar-refractivity contribution in [2.75, 3.05) is 18.2 Å². The first-order chi connectivity index (χ1) is 16.0. The molecule has 0 radical (unpaired) electrons. The van der Waals surface area contributed by atoms with Gasteiger partial charge in [-0.3, -0.25) is 9.36 Å². The van der Waals surface area contributed by atoms with Crippen molar-refractivity contribution < 1.29 is 9.53 Å². The highest BCUT2D eigenvalue weighted by Gasteiger charge is 2.18. The summed E-state index contributed by atoms with van der Waals surface area (Å²) in [6.07, 6.45) is 0. The summed E-state index contributed by atoms with van der Waals surface area (Å²) in [6, 6.07) is 21.3. The number of hydrogen-bond acceptors (Lipinski definition) is 5. The molecule has 0 fully saturated rings. The number of halogens is 1. The largest absolute Gasteiger partial charge is 0.497 e. The van der Waals surface area contributed by atoms with Crippen molar-refractivity contribution in [3.63, 3.8) is 0 Å². The van der Waals surface area contributed by atoms with Gasteiger partial charge in [0, 0.05) is 11.3 Å². The van der Waals surface area contributed by atoms with Gasteiger partial charge in [-0.25, -0.2) is 0 Å². The molecule has 0 bridgehead atoms. The van der Waals surface area contributed by atoms with E-state index in [2.05, 4.69) is 15.5 Å². The van der Waals surface area contributed by atoms with Crippen LogP contribution in [0, 0.1) is 13.8 Å². The average molecular weight is 479 g/mol. The van der Waals surface area contributed by atoms with Gasteiger partial charge in [-0.1, -0.05) is 47.6 Å². The second-order valence-corrected chi connectivity index (χ2v) is 8.83. The van der Waals surface area contributed by atoms with Crippen LogP contribution in [0.15, 0.2) is 71.9 Å². The number of nitrogens with one attached hydrogen (secondary N) is 1. The standard InChI is InChI=1S/C25H23ClN4O2S/c1-16-13-17(2)23(21(26)14-16)27-22(31)15-33-25-29-28-24(18-9-11-20(32-3)12-10-18)30(25)19-7-5-4-6-8-19/h4-14H,15H2,1-3H3,(H,27,31). The van der Waals surface area contributed by atoms with Gasteiger partial charge in [0.2, 0.25) is 5.91 Å². The minimum atomic E-state index is -0.164. The van der Waals surface area contributed by atoms with Crippen LogP contribution in [0.2, 0.25) is 5.02 Å². The van der Waals surface area contributed by atoms with Crippen molar-refractivity contribution >= 4 is 35.0 Å². The van der Waals surface area contributed by atoms with Gasteiger partial charge in [-0.15, -0.1) is 10.2 Å². The van der Waals surface area contributed by atoms with Gasteiger partial charge in [0.1, 0.15) is 5.75 Å². The normalized spacial score (nSPS) is 10.8. The first kappa shape index (κ1) is 22.9. The number of thioether (sulfide) groups is 1. The summed E-state index contributed by atoms with van der Waals surface area (Å²) in [4.78, 5) is 12.7. The molecular weight excluding hydrogens is 456 g/mol. The topological polar surface area (TPSA) is 69.0 Å². The van der Waals surface area contributed by atoms with E-state index in [0.29, 0.717) is 21.7 Å². The lowest BCUT2D eigenvalue weighted by Crippen LogP contribution is -2.16. The Morgan fingerprint density at radius 3 is 2.45 bits per heavy atom. The summed E-state index contributed by atoms with van der Waals surface area (Å²) < 4.78 is 7.21. The highest BCUT2D eigenvalue weighted by Crippen LogP contribution is 2.30. The molecule has 0 spiro atoms. The number of para-hydroxylation sites is 1. The zero-order valence-electron chi connectivity index (χ0n) is 18.5. The number of methoxy groups -OCH3 is 1. The molecule has 3 aromatic carbocycles. The molecule has 0 aliphatic heterocycles. The number of ether oxygens (including phenoxy) is 1. The fourth-order valence-corrected chi connectivity index (χ4v) is 4.60. The molecule has 0 saturated carbocycles. The minimum absolute atomic E-state index is 0.164. The highest BCUT2D eigenvalue weighted by molar-refractivity contribution is 7.99. The molecule has 6 nitrogen and oxygen atoms in total. The second kappa shape index (κ2) is 10.1. The number of hydrogen-bond donors (Lipinski definition) is 1. The first-order valence-corrected chi connectivity index (χ1v) is 11.7. The number of rotatable bonds is 7. The lowest BCUT2D eigenvalue weighted by molar-refractivity contribution is -0.113.